The summed E-state index contributed by atoms with van der Waals surface area (Å²) in [4.78, 5) is 26.0. The maximum absolute atomic E-state index is 11.6. The lowest BCUT2D eigenvalue weighted by Gasteiger charge is -2.18. The Morgan fingerprint density at radius 3 is 2.70 bits per heavy atom. The Morgan fingerprint density at radius 2 is 2.10 bits per heavy atom. The van der Waals surface area contributed by atoms with Crippen molar-refractivity contribution >= 4 is 15.9 Å². The summed E-state index contributed by atoms with van der Waals surface area (Å²) in [6.07, 6.45) is -3.78. The SMILES string of the molecule is O=c1ccn(C2O[C@H](C(O)C=CBr)[C@@H](O)[C@@H]2O)c(=O)[nH]1. The van der Waals surface area contributed by atoms with Gasteiger partial charge in [0, 0.05) is 12.3 Å². The number of hydrogen-bond acceptors (Lipinski definition) is 6. The normalized spacial score (nSPS) is 31.8. The maximum atomic E-state index is 11.6. The van der Waals surface area contributed by atoms with Gasteiger partial charge in [-0.1, -0.05) is 15.9 Å². The number of nitrogens with zero attached hydrogens (tertiary/aromatic N) is 1. The van der Waals surface area contributed by atoms with Gasteiger partial charge in [0.25, 0.3) is 5.56 Å². The molecule has 1 saturated heterocycles. The quantitative estimate of drug-likeness (QED) is 0.522. The van der Waals surface area contributed by atoms with E-state index in [1.165, 1.54) is 11.1 Å². The van der Waals surface area contributed by atoms with E-state index in [4.69, 9.17) is 4.74 Å². The van der Waals surface area contributed by atoms with E-state index in [2.05, 4.69) is 15.9 Å². The van der Waals surface area contributed by atoms with E-state index < -0.39 is 41.9 Å². The van der Waals surface area contributed by atoms with Crippen LogP contribution in [0, 0.1) is 0 Å². The minimum Gasteiger partial charge on any atom is -0.387 e. The second-order valence-corrected chi connectivity index (χ2v) is 4.83. The number of nitrogens with one attached hydrogen (secondary N) is 1. The zero-order valence-corrected chi connectivity index (χ0v) is 11.7. The molecule has 0 amide bonds. The summed E-state index contributed by atoms with van der Waals surface area (Å²) in [6, 6.07) is 1.09. The molecule has 2 unspecified atom stereocenters. The molecule has 1 aromatic heterocycles. The molecule has 5 atom stereocenters. The smallest absolute Gasteiger partial charge is 0.330 e. The van der Waals surface area contributed by atoms with Gasteiger partial charge in [-0.15, -0.1) is 0 Å². The number of aromatic amines is 1. The lowest BCUT2D eigenvalue weighted by Crippen LogP contribution is -2.38. The second-order valence-electron chi connectivity index (χ2n) is 4.30. The summed E-state index contributed by atoms with van der Waals surface area (Å²) in [6.45, 7) is 0. The van der Waals surface area contributed by atoms with E-state index in [9.17, 15) is 24.9 Å². The molecule has 0 spiro atoms. The number of rotatable bonds is 3. The molecule has 110 valence electrons. The molecule has 8 nitrogen and oxygen atoms in total. The van der Waals surface area contributed by atoms with Crippen LogP contribution >= 0.6 is 15.9 Å². The second kappa shape index (κ2) is 6.02. The van der Waals surface area contributed by atoms with Crippen LogP contribution in [0.25, 0.3) is 0 Å². The van der Waals surface area contributed by atoms with Crippen molar-refractivity contribution < 1.29 is 20.1 Å². The fourth-order valence-corrected chi connectivity index (χ4v) is 2.32. The Labute approximate surface area is 121 Å². The van der Waals surface area contributed by atoms with Crippen LogP contribution in [0.3, 0.4) is 0 Å². The van der Waals surface area contributed by atoms with Gasteiger partial charge in [-0.05, 0) is 11.1 Å². The van der Waals surface area contributed by atoms with Crippen LogP contribution in [0.1, 0.15) is 6.23 Å². The molecule has 1 aromatic rings. The number of H-pyrrole nitrogens is 1. The zero-order valence-electron chi connectivity index (χ0n) is 10.1. The van der Waals surface area contributed by atoms with Gasteiger partial charge in [0.05, 0.1) is 0 Å². The van der Waals surface area contributed by atoms with E-state index in [1.807, 2.05) is 4.98 Å². The molecular weight excluding hydrogens is 336 g/mol. The predicted molar refractivity (Wildman–Crippen MR) is 71.3 cm³/mol. The van der Waals surface area contributed by atoms with Gasteiger partial charge in [-0.25, -0.2) is 4.79 Å². The lowest BCUT2D eigenvalue weighted by molar-refractivity contribution is -0.0727. The highest BCUT2D eigenvalue weighted by molar-refractivity contribution is 9.11. The Hall–Kier alpha value is -1.26. The first-order valence-electron chi connectivity index (χ1n) is 5.73. The van der Waals surface area contributed by atoms with Gasteiger partial charge in [-0.3, -0.25) is 14.3 Å². The van der Waals surface area contributed by atoms with E-state index in [1.54, 1.807) is 0 Å². The first-order valence-corrected chi connectivity index (χ1v) is 6.65. The van der Waals surface area contributed by atoms with E-state index in [-0.39, 0.29) is 0 Å². The number of aliphatic hydroxyl groups is 3. The molecule has 20 heavy (non-hydrogen) atoms. The first-order chi connectivity index (χ1) is 9.45. The third kappa shape index (κ3) is 2.76. The summed E-state index contributed by atoms with van der Waals surface area (Å²) >= 11 is 2.98. The fraction of sp³-hybridized carbons (Fsp3) is 0.455. The summed E-state index contributed by atoms with van der Waals surface area (Å²) in [5.74, 6) is 0. The Balaban J connectivity index is 2.30. The monoisotopic (exact) mass is 348 g/mol. The van der Waals surface area contributed by atoms with Crippen molar-refractivity contribution in [1.82, 2.24) is 9.55 Å². The highest BCUT2D eigenvalue weighted by Gasteiger charge is 2.46. The van der Waals surface area contributed by atoms with Crippen LogP contribution in [0.2, 0.25) is 0 Å². The molecule has 0 bridgehead atoms. The maximum Gasteiger partial charge on any atom is 0.330 e. The standard InChI is InChI=1S/C11H13BrN2O6/c12-3-1-5(15)9-7(17)8(18)10(20-9)14-4-2-6(16)13-11(14)19/h1-5,7-10,15,17-18H,(H,13,16,19)/t5?,7-,8-,9+,10?/m0/s1. The van der Waals surface area contributed by atoms with E-state index in [0.717, 1.165) is 16.8 Å². The number of aliphatic hydroxyl groups excluding tert-OH is 3. The molecule has 4 N–H and O–H groups in total. The van der Waals surface area contributed by atoms with E-state index >= 15 is 0 Å². The predicted octanol–water partition coefficient (Wildman–Crippen LogP) is -1.57. The lowest BCUT2D eigenvalue weighted by atomic mass is 10.1. The Morgan fingerprint density at radius 1 is 1.40 bits per heavy atom. The van der Waals surface area contributed by atoms with Gasteiger partial charge in [0.2, 0.25) is 0 Å². The number of ether oxygens (including phenoxy) is 1. The van der Waals surface area contributed by atoms with Crippen molar-refractivity contribution in [1.29, 1.82) is 0 Å². The number of hydrogen-bond donors (Lipinski definition) is 4. The minimum absolute atomic E-state index is 0.585. The molecule has 0 saturated carbocycles. The Kier molecular flexibility index (Phi) is 4.55. The molecule has 1 aliphatic heterocycles. The minimum atomic E-state index is -1.41. The molecule has 1 fully saturated rings. The molecule has 9 heteroatoms. The van der Waals surface area contributed by atoms with Crippen LogP contribution < -0.4 is 11.2 Å². The van der Waals surface area contributed by atoms with Crippen LogP contribution in [0.4, 0.5) is 0 Å². The Bertz CT molecular complexity index is 611. The molecule has 0 radical (unpaired) electrons. The summed E-state index contributed by atoms with van der Waals surface area (Å²) < 4.78 is 6.27. The van der Waals surface area contributed by atoms with Gasteiger partial charge < -0.3 is 20.1 Å². The summed E-state index contributed by atoms with van der Waals surface area (Å²) in [7, 11) is 0. The van der Waals surface area contributed by atoms with Crippen molar-refractivity contribution in [2.75, 3.05) is 0 Å². The van der Waals surface area contributed by atoms with Crippen molar-refractivity contribution in [3.63, 3.8) is 0 Å². The topological polar surface area (TPSA) is 125 Å². The summed E-state index contributed by atoms with van der Waals surface area (Å²) in [5, 5.41) is 29.5. The average Bonchev–Trinajstić information content (AvgIpc) is 2.67. The number of halogens is 1. The van der Waals surface area contributed by atoms with Gasteiger partial charge in [0.1, 0.15) is 24.4 Å². The van der Waals surface area contributed by atoms with Gasteiger partial charge in [-0.2, -0.15) is 0 Å². The third-order valence-electron chi connectivity index (χ3n) is 3.01. The van der Waals surface area contributed by atoms with Crippen LogP contribution in [0.15, 0.2) is 32.9 Å². The molecule has 1 aliphatic rings. The third-order valence-corrected chi connectivity index (χ3v) is 3.31. The highest BCUT2D eigenvalue weighted by Crippen LogP contribution is 2.30. The average molecular weight is 349 g/mol. The molecular formula is C11H13BrN2O6. The summed E-state index contributed by atoms with van der Waals surface area (Å²) in [5.41, 5.74) is -1.36. The van der Waals surface area contributed by atoms with Crippen molar-refractivity contribution in [3.05, 3.63) is 44.2 Å². The van der Waals surface area contributed by atoms with Crippen LogP contribution in [-0.4, -0.2) is 49.3 Å². The van der Waals surface area contributed by atoms with Gasteiger partial charge >= 0.3 is 5.69 Å². The first kappa shape index (κ1) is 15.1. The van der Waals surface area contributed by atoms with Crippen LogP contribution in [-0.2, 0) is 4.74 Å². The molecule has 0 aliphatic carbocycles. The van der Waals surface area contributed by atoms with E-state index in [0.29, 0.717) is 0 Å². The zero-order chi connectivity index (χ0) is 14.9. The van der Waals surface area contributed by atoms with Crippen LogP contribution in [0.5, 0.6) is 0 Å². The molecule has 2 rings (SSSR count). The van der Waals surface area contributed by atoms with Crippen molar-refractivity contribution in [3.8, 4) is 0 Å². The largest absolute Gasteiger partial charge is 0.387 e. The van der Waals surface area contributed by atoms with Crippen molar-refractivity contribution in [2.45, 2.75) is 30.6 Å². The molecule has 0 aromatic carbocycles. The van der Waals surface area contributed by atoms with Gasteiger partial charge in [0.15, 0.2) is 6.23 Å². The number of aromatic nitrogens is 2. The molecule has 2 heterocycles. The fourth-order valence-electron chi connectivity index (χ4n) is 2.01. The highest BCUT2D eigenvalue weighted by atomic mass is 79.9. The van der Waals surface area contributed by atoms with Crippen molar-refractivity contribution in [2.24, 2.45) is 0 Å².